The van der Waals surface area contributed by atoms with Crippen LogP contribution in [0.2, 0.25) is 0 Å². The molecule has 3 nitrogen and oxygen atoms in total. The number of Topliss-reactive ketones (excluding diaryl/α,β-unsaturated/α-hetero) is 1. The highest BCUT2D eigenvalue weighted by Gasteiger charge is 2.38. The molecule has 0 fully saturated rings. The molecule has 0 unspecified atom stereocenters. The normalized spacial score (nSPS) is 13.9. The molecule has 0 radical (unpaired) electrons. The first-order chi connectivity index (χ1) is 7.56. The summed E-state index contributed by atoms with van der Waals surface area (Å²) in [6.07, 6.45) is 5.00. The molecule has 0 bridgehead atoms. The Bertz CT molecular complexity index is 546. The van der Waals surface area contributed by atoms with E-state index >= 15 is 0 Å². The average molecular weight is 221 g/mol. The summed E-state index contributed by atoms with van der Waals surface area (Å²) in [5, 5.41) is 0. The van der Waals surface area contributed by atoms with Gasteiger partial charge < -0.3 is 0 Å². The zero-order chi connectivity index (χ0) is 11.9. The van der Waals surface area contributed by atoms with Crippen molar-refractivity contribution in [2.24, 2.45) is 0 Å². The van der Waals surface area contributed by atoms with Gasteiger partial charge in [0.15, 0.2) is 5.82 Å². The molecular formula is C11H5F2NO2. The molecule has 0 spiro atoms. The molecule has 0 saturated carbocycles. The van der Waals surface area contributed by atoms with Gasteiger partial charge in [0.1, 0.15) is 5.82 Å². The first-order valence-corrected chi connectivity index (χ1v) is 4.35. The number of hydrogen-bond acceptors (Lipinski definition) is 2. The minimum Gasteiger partial charge on any atom is -0.290 e. The van der Waals surface area contributed by atoms with Crippen LogP contribution < -0.4 is 4.90 Å². The fraction of sp³-hybridized carbons (Fsp3) is 0.0909. The largest absolute Gasteiger partial charge is 0.300 e. The molecule has 1 aliphatic heterocycles. The Balaban J connectivity index is 2.66. The van der Waals surface area contributed by atoms with Crippen LogP contribution >= 0.6 is 0 Å². The predicted molar refractivity (Wildman–Crippen MR) is 51.9 cm³/mol. The summed E-state index contributed by atoms with van der Waals surface area (Å²) in [7, 11) is 0. The summed E-state index contributed by atoms with van der Waals surface area (Å²) in [6, 6.07) is 1.43. The average Bonchev–Trinajstić information content (AvgIpc) is 2.44. The smallest absolute Gasteiger partial charge is 0.290 e. The van der Waals surface area contributed by atoms with Crippen LogP contribution in [0.25, 0.3) is 0 Å². The number of hydrogen-bond donors (Lipinski definition) is 0. The molecule has 1 heterocycles. The van der Waals surface area contributed by atoms with E-state index in [1.165, 1.54) is 0 Å². The maximum atomic E-state index is 13.4. The van der Waals surface area contributed by atoms with E-state index in [-0.39, 0.29) is 17.8 Å². The number of terminal acetylenes is 1. The highest BCUT2D eigenvalue weighted by molar-refractivity contribution is 6.52. The third-order valence-corrected chi connectivity index (χ3v) is 2.23. The van der Waals surface area contributed by atoms with E-state index in [9.17, 15) is 18.4 Å². The number of nitrogens with zero attached hydrogens (tertiary/aromatic N) is 1. The lowest BCUT2D eigenvalue weighted by Crippen LogP contribution is -2.30. The van der Waals surface area contributed by atoms with Crippen molar-refractivity contribution in [3.63, 3.8) is 0 Å². The molecule has 0 atom stereocenters. The molecule has 80 valence electrons. The number of carbonyl (C=O) groups excluding carboxylic acids is 2. The Morgan fingerprint density at radius 3 is 2.62 bits per heavy atom. The maximum absolute atomic E-state index is 13.4. The van der Waals surface area contributed by atoms with Crippen LogP contribution in [0, 0.1) is 24.0 Å². The van der Waals surface area contributed by atoms with Gasteiger partial charge in [-0.3, -0.25) is 14.5 Å². The second-order valence-electron chi connectivity index (χ2n) is 3.21. The number of halogens is 2. The van der Waals surface area contributed by atoms with E-state index in [1.54, 1.807) is 0 Å². The van der Waals surface area contributed by atoms with E-state index in [2.05, 4.69) is 5.92 Å². The Morgan fingerprint density at radius 2 is 2.00 bits per heavy atom. The van der Waals surface area contributed by atoms with Crippen molar-refractivity contribution in [3.05, 3.63) is 29.3 Å². The number of anilines is 1. The summed E-state index contributed by atoms with van der Waals surface area (Å²) >= 11 is 0. The topological polar surface area (TPSA) is 37.4 Å². The summed E-state index contributed by atoms with van der Waals surface area (Å²) in [6.45, 7) is -0.222. The quantitative estimate of drug-likeness (QED) is 0.526. The van der Waals surface area contributed by atoms with Gasteiger partial charge in [0.25, 0.3) is 11.7 Å². The van der Waals surface area contributed by atoms with Crippen LogP contribution in [0.3, 0.4) is 0 Å². The van der Waals surface area contributed by atoms with E-state index in [4.69, 9.17) is 6.42 Å². The molecule has 1 amide bonds. The van der Waals surface area contributed by atoms with Gasteiger partial charge in [-0.2, -0.15) is 0 Å². The van der Waals surface area contributed by atoms with E-state index in [0.29, 0.717) is 6.07 Å². The van der Waals surface area contributed by atoms with Gasteiger partial charge >= 0.3 is 0 Å². The molecular weight excluding hydrogens is 216 g/mol. The first-order valence-electron chi connectivity index (χ1n) is 4.35. The Hall–Kier alpha value is -2.22. The van der Waals surface area contributed by atoms with Crippen molar-refractivity contribution >= 4 is 17.4 Å². The molecule has 1 aromatic rings. The van der Waals surface area contributed by atoms with Gasteiger partial charge in [0.05, 0.1) is 17.8 Å². The van der Waals surface area contributed by atoms with Crippen LogP contribution in [0.5, 0.6) is 0 Å². The number of fused-ring (bicyclic) bond motifs is 1. The second kappa shape index (κ2) is 3.42. The minimum atomic E-state index is -0.968. The Morgan fingerprint density at radius 1 is 1.31 bits per heavy atom. The molecule has 0 saturated heterocycles. The van der Waals surface area contributed by atoms with E-state index < -0.39 is 23.3 Å². The lowest BCUT2D eigenvalue weighted by Gasteiger charge is -2.13. The van der Waals surface area contributed by atoms with E-state index in [1.807, 2.05) is 0 Å². The molecule has 0 aromatic heterocycles. The number of rotatable bonds is 1. The maximum Gasteiger partial charge on any atom is 0.300 e. The predicted octanol–water partition coefficient (Wildman–Crippen LogP) is 1.13. The third kappa shape index (κ3) is 1.27. The minimum absolute atomic E-state index is 0.222. The zero-order valence-electron chi connectivity index (χ0n) is 7.96. The summed E-state index contributed by atoms with van der Waals surface area (Å²) in [5.74, 6) is -1.61. The number of carbonyl (C=O) groups is 2. The second-order valence-corrected chi connectivity index (χ2v) is 3.21. The number of benzene rings is 1. The van der Waals surface area contributed by atoms with Crippen molar-refractivity contribution in [2.75, 3.05) is 11.4 Å². The van der Waals surface area contributed by atoms with Gasteiger partial charge in [0.2, 0.25) is 0 Å². The monoisotopic (exact) mass is 221 g/mol. The lowest BCUT2D eigenvalue weighted by atomic mass is 10.1. The number of amides is 1. The van der Waals surface area contributed by atoms with Gasteiger partial charge in [0, 0.05) is 6.07 Å². The van der Waals surface area contributed by atoms with Crippen molar-refractivity contribution in [1.82, 2.24) is 0 Å². The van der Waals surface area contributed by atoms with Crippen molar-refractivity contribution in [3.8, 4) is 12.3 Å². The highest BCUT2D eigenvalue weighted by atomic mass is 19.1. The first kappa shape index (κ1) is 10.3. The standard InChI is InChI=1S/C11H5F2NO2/c1-2-3-14-9-7(10(15)11(14)16)4-6(12)5-8(9)13/h1,4-5H,3H2. The molecule has 1 aromatic carbocycles. The van der Waals surface area contributed by atoms with E-state index in [0.717, 1.165) is 11.0 Å². The summed E-state index contributed by atoms with van der Waals surface area (Å²) < 4.78 is 26.3. The number of ketones is 1. The molecule has 2 rings (SSSR count). The fourth-order valence-electron chi connectivity index (χ4n) is 1.59. The van der Waals surface area contributed by atoms with Gasteiger partial charge in [-0.15, -0.1) is 6.42 Å². The van der Waals surface area contributed by atoms with Gasteiger partial charge in [-0.05, 0) is 6.07 Å². The van der Waals surface area contributed by atoms with Crippen LogP contribution in [0.1, 0.15) is 10.4 Å². The van der Waals surface area contributed by atoms with Crippen LogP contribution in [0.15, 0.2) is 12.1 Å². The SMILES string of the molecule is C#CCN1C(=O)C(=O)c2cc(F)cc(F)c21. The zero-order valence-corrected chi connectivity index (χ0v) is 7.96. The van der Waals surface area contributed by atoms with Crippen LogP contribution in [-0.4, -0.2) is 18.2 Å². The molecule has 0 N–H and O–H groups in total. The highest BCUT2D eigenvalue weighted by Crippen LogP contribution is 2.32. The Labute approximate surface area is 89.7 Å². The fourth-order valence-corrected chi connectivity index (χ4v) is 1.59. The van der Waals surface area contributed by atoms with Crippen molar-refractivity contribution in [1.29, 1.82) is 0 Å². The summed E-state index contributed by atoms with van der Waals surface area (Å²) in [4.78, 5) is 23.6. The molecule has 1 aliphatic rings. The third-order valence-electron chi connectivity index (χ3n) is 2.23. The van der Waals surface area contributed by atoms with Crippen LogP contribution in [-0.2, 0) is 4.79 Å². The van der Waals surface area contributed by atoms with Crippen molar-refractivity contribution < 1.29 is 18.4 Å². The van der Waals surface area contributed by atoms with Gasteiger partial charge in [-0.1, -0.05) is 5.92 Å². The van der Waals surface area contributed by atoms with Crippen LogP contribution in [0.4, 0.5) is 14.5 Å². The molecule has 0 aliphatic carbocycles. The van der Waals surface area contributed by atoms with Gasteiger partial charge in [-0.25, -0.2) is 8.78 Å². The molecule has 16 heavy (non-hydrogen) atoms. The van der Waals surface area contributed by atoms with Crippen molar-refractivity contribution in [2.45, 2.75) is 0 Å². The Kier molecular flexibility index (Phi) is 2.20. The summed E-state index contributed by atoms with van der Waals surface area (Å²) in [5.41, 5.74) is -0.521. The molecule has 5 heteroatoms. The lowest BCUT2D eigenvalue weighted by molar-refractivity contribution is -0.114.